The van der Waals surface area contributed by atoms with Crippen LogP contribution in [0.15, 0.2) is 0 Å². The van der Waals surface area contributed by atoms with E-state index in [1.165, 1.54) is 6.92 Å². The average Bonchev–Trinajstić information content (AvgIpc) is 2.02. The first-order valence-corrected chi connectivity index (χ1v) is 3.43. The number of hydrogen-bond donors (Lipinski definition) is 1. The van der Waals surface area contributed by atoms with Crippen molar-refractivity contribution >= 4 is 11.8 Å². The van der Waals surface area contributed by atoms with E-state index in [-0.39, 0.29) is 6.61 Å². The quantitative estimate of drug-likeness (QED) is 0.455. The molecule has 0 radical (unpaired) electrons. The molecule has 1 N–H and O–H groups in total. The first-order chi connectivity index (χ1) is 5.13. The van der Waals surface area contributed by atoms with E-state index < -0.39 is 24.3 Å². The van der Waals surface area contributed by atoms with Gasteiger partial charge in [0.15, 0.2) is 5.78 Å². The summed E-state index contributed by atoms with van der Waals surface area (Å²) in [6.45, 7) is 2.71. The van der Waals surface area contributed by atoms with Crippen molar-refractivity contribution in [2.45, 2.75) is 13.8 Å². The molecule has 0 aliphatic heterocycles. The van der Waals surface area contributed by atoms with E-state index in [1.54, 1.807) is 6.92 Å². The van der Waals surface area contributed by atoms with Gasteiger partial charge in [-0.15, -0.1) is 0 Å². The zero-order chi connectivity index (χ0) is 8.85. The highest BCUT2D eigenvalue weighted by atomic mass is 16.5. The fourth-order valence-electron chi connectivity index (χ4n) is 0.536. The smallest absolute Gasteiger partial charge is 0.316 e. The van der Waals surface area contributed by atoms with Crippen LogP contribution in [0.1, 0.15) is 13.8 Å². The zero-order valence-electron chi connectivity index (χ0n) is 6.66. The minimum absolute atomic E-state index is 0.252. The van der Waals surface area contributed by atoms with Gasteiger partial charge in [-0.3, -0.25) is 9.59 Å². The molecule has 1 unspecified atom stereocenters. The highest BCUT2D eigenvalue weighted by Gasteiger charge is 2.20. The molecule has 64 valence electrons. The normalized spacial score (nSPS) is 12.3. The summed E-state index contributed by atoms with van der Waals surface area (Å²) in [5.74, 6) is -1.94. The van der Waals surface area contributed by atoms with Crippen LogP contribution >= 0.6 is 0 Å². The molecule has 0 spiro atoms. The van der Waals surface area contributed by atoms with E-state index in [0.29, 0.717) is 0 Å². The highest BCUT2D eigenvalue weighted by molar-refractivity contribution is 5.99. The number of rotatable bonds is 4. The number of ether oxygens (including phenoxy) is 1. The molecule has 0 bridgehead atoms. The third-order valence-electron chi connectivity index (χ3n) is 1.28. The van der Waals surface area contributed by atoms with Gasteiger partial charge in [0.2, 0.25) is 0 Å². The number of hydrogen-bond acceptors (Lipinski definition) is 4. The van der Waals surface area contributed by atoms with E-state index in [0.717, 1.165) is 0 Å². The largest absolute Gasteiger partial charge is 0.465 e. The van der Waals surface area contributed by atoms with Gasteiger partial charge in [0.1, 0.15) is 12.5 Å². The lowest BCUT2D eigenvalue weighted by Gasteiger charge is -2.06. The summed E-state index contributed by atoms with van der Waals surface area (Å²) in [5, 5.41) is 8.36. The lowest BCUT2D eigenvalue weighted by Crippen LogP contribution is -2.25. The average molecular weight is 160 g/mol. The van der Waals surface area contributed by atoms with E-state index in [2.05, 4.69) is 4.74 Å². The molecule has 0 aromatic rings. The highest BCUT2D eigenvalue weighted by Crippen LogP contribution is 1.99. The summed E-state index contributed by atoms with van der Waals surface area (Å²) in [6, 6.07) is 0. The minimum Gasteiger partial charge on any atom is -0.465 e. The van der Waals surface area contributed by atoms with Crippen LogP contribution in [0, 0.1) is 5.92 Å². The van der Waals surface area contributed by atoms with E-state index >= 15 is 0 Å². The molecule has 0 amide bonds. The Balaban J connectivity index is 3.91. The molecule has 11 heavy (non-hydrogen) atoms. The van der Waals surface area contributed by atoms with Crippen molar-refractivity contribution in [1.29, 1.82) is 0 Å². The molecule has 0 rings (SSSR count). The maximum Gasteiger partial charge on any atom is 0.316 e. The van der Waals surface area contributed by atoms with Gasteiger partial charge in [-0.05, 0) is 13.8 Å². The minimum atomic E-state index is -0.847. The standard InChI is InChI=1S/C7H12O4/c1-3-11-7(10)5(2)6(9)4-8/h5,8H,3-4H2,1-2H3. The Morgan fingerprint density at radius 1 is 1.55 bits per heavy atom. The van der Waals surface area contributed by atoms with Crippen molar-refractivity contribution < 1.29 is 19.4 Å². The third-order valence-corrected chi connectivity index (χ3v) is 1.28. The number of ketones is 1. The van der Waals surface area contributed by atoms with Crippen LogP contribution in [0.5, 0.6) is 0 Å². The van der Waals surface area contributed by atoms with Gasteiger partial charge >= 0.3 is 5.97 Å². The van der Waals surface area contributed by atoms with Crippen molar-refractivity contribution in [3.8, 4) is 0 Å². The number of carbonyl (C=O) groups excluding carboxylic acids is 2. The van der Waals surface area contributed by atoms with E-state index in [4.69, 9.17) is 5.11 Å². The van der Waals surface area contributed by atoms with E-state index in [9.17, 15) is 9.59 Å². The van der Waals surface area contributed by atoms with Gasteiger partial charge in [-0.25, -0.2) is 0 Å². The number of esters is 1. The van der Waals surface area contributed by atoms with Crippen LogP contribution in [0.25, 0.3) is 0 Å². The van der Waals surface area contributed by atoms with E-state index in [1.807, 2.05) is 0 Å². The molecule has 0 saturated heterocycles. The monoisotopic (exact) mass is 160 g/mol. The second-order valence-electron chi connectivity index (χ2n) is 2.10. The summed E-state index contributed by atoms with van der Waals surface area (Å²) in [7, 11) is 0. The van der Waals surface area contributed by atoms with Crippen molar-refractivity contribution in [3.63, 3.8) is 0 Å². The maximum absolute atomic E-state index is 10.8. The Morgan fingerprint density at radius 2 is 2.09 bits per heavy atom. The first kappa shape index (κ1) is 10.1. The first-order valence-electron chi connectivity index (χ1n) is 3.43. The summed E-state index contributed by atoms with van der Waals surface area (Å²) in [5.41, 5.74) is 0. The number of Topliss-reactive ketones (excluding diaryl/α,β-unsaturated/α-hetero) is 1. The molecule has 0 aliphatic rings. The molecular weight excluding hydrogens is 148 g/mol. The topological polar surface area (TPSA) is 63.6 Å². The number of carbonyl (C=O) groups is 2. The molecule has 0 fully saturated rings. The fourth-order valence-corrected chi connectivity index (χ4v) is 0.536. The van der Waals surface area contributed by atoms with Crippen LogP contribution in [0.3, 0.4) is 0 Å². The fraction of sp³-hybridized carbons (Fsp3) is 0.714. The lowest BCUT2D eigenvalue weighted by atomic mass is 10.1. The molecule has 0 saturated carbocycles. The van der Waals surface area contributed by atoms with Gasteiger partial charge in [-0.1, -0.05) is 0 Å². The maximum atomic E-state index is 10.8. The predicted molar refractivity (Wildman–Crippen MR) is 37.9 cm³/mol. The van der Waals surface area contributed by atoms with Crippen LogP contribution in [0.4, 0.5) is 0 Å². The second-order valence-corrected chi connectivity index (χ2v) is 2.10. The van der Waals surface area contributed by atoms with Crippen molar-refractivity contribution in [2.75, 3.05) is 13.2 Å². The molecule has 0 aromatic carbocycles. The van der Waals surface area contributed by atoms with Gasteiger partial charge in [0.05, 0.1) is 6.61 Å². The zero-order valence-corrected chi connectivity index (χ0v) is 6.66. The van der Waals surface area contributed by atoms with Gasteiger partial charge in [0, 0.05) is 0 Å². The van der Waals surface area contributed by atoms with Gasteiger partial charge in [0.25, 0.3) is 0 Å². The van der Waals surface area contributed by atoms with Crippen LogP contribution in [-0.2, 0) is 14.3 Å². The number of aliphatic hydroxyl groups excluding tert-OH is 1. The molecule has 0 aliphatic carbocycles. The Morgan fingerprint density at radius 3 is 2.45 bits per heavy atom. The Hall–Kier alpha value is -0.900. The summed E-state index contributed by atoms with van der Waals surface area (Å²) >= 11 is 0. The van der Waals surface area contributed by atoms with Crippen molar-refractivity contribution in [1.82, 2.24) is 0 Å². The molecule has 1 atom stereocenters. The summed E-state index contributed by atoms with van der Waals surface area (Å²) in [6.07, 6.45) is 0. The van der Waals surface area contributed by atoms with Crippen molar-refractivity contribution in [2.24, 2.45) is 5.92 Å². The summed E-state index contributed by atoms with van der Waals surface area (Å²) in [4.78, 5) is 21.5. The third kappa shape index (κ3) is 3.13. The van der Waals surface area contributed by atoms with Crippen LogP contribution in [0.2, 0.25) is 0 Å². The molecular formula is C7H12O4. The second kappa shape index (κ2) is 4.85. The predicted octanol–water partition coefficient (Wildman–Crippen LogP) is -0.253. The number of aliphatic hydroxyl groups is 1. The molecule has 4 nitrogen and oxygen atoms in total. The lowest BCUT2D eigenvalue weighted by molar-refractivity contribution is -0.151. The molecule has 0 aromatic heterocycles. The Labute approximate surface area is 65.2 Å². The molecule has 4 heteroatoms. The Kier molecular flexibility index (Phi) is 4.45. The SMILES string of the molecule is CCOC(=O)C(C)C(=O)CO. The van der Waals surface area contributed by atoms with Crippen LogP contribution in [-0.4, -0.2) is 30.1 Å². The van der Waals surface area contributed by atoms with Crippen molar-refractivity contribution in [3.05, 3.63) is 0 Å². The molecule has 0 heterocycles. The Bertz CT molecular complexity index is 153. The summed E-state index contributed by atoms with van der Waals surface area (Å²) < 4.78 is 4.56. The van der Waals surface area contributed by atoms with Gasteiger partial charge in [-0.2, -0.15) is 0 Å². The van der Waals surface area contributed by atoms with Crippen LogP contribution < -0.4 is 0 Å². The van der Waals surface area contributed by atoms with Gasteiger partial charge < -0.3 is 9.84 Å².